The molecule has 1 aliphatic rings. The first-order chi connectivity index (χ1) is 11.5. The molecular formula is C18H27FN2O3. The van der Waals surface area contributed by atoms with Gasteiger partial charge in [0, 0.05) is 13.1 Å². The molecule has 0 radical (unpaired) electrons. The summed E-state index contributed by atoms with van der Waals surface area (Å²) in [5.41, 5.74) is 0.706. The maximum atomic E-state index is 13.9. The van der Waals surface area contributed by atoms with Gasteiger partial charge in [-0.3, -0.25) is 0 Å². The van der Waals surface area contributed by atoms with Crippen LogP contribution in [-0.2, 0) is 11.3 Å². The summed E-state index contributed by atoms with van der Waals surface area (Å²) in [4.78, 5) is 14.3. The number of urea groups is 1. The first-order valence-electron chi connectivity index (χ1n) is 8.54. The molecule has 0 saturated carbocycles. The highest BCUT2D eigenvalue weighted by atomic mass is 19.1. The molecule has 2 amide bonds. The number of halogens is 1. The fourth-order valence-corrected chi connectivity index (χ4v) is 2.87. The number of hydrogen-bond donors (Lipinski definition) is 1. The first kappa shape index (κ1) is 18.5. The predicted molar refractivity (Wildman–Crippen MR) is 90.6 cm³/mol. The number of hydrogen-bond acceptors (Lipinski definition) is 3. The van der Waals surface area contributed by atoms with Crippen molar-refractivity contribution in [1.82, 2.24) is 10.2 Å². The third-order valence-corrected chi connectivity index (χ3v) is 3.97. The lowest BCUT2D eigenvalue weighted by Gasteiger charge is -2.36. The Hall–Kier alpha value is -1.82. The molecule has 1 saturated heterocycles. The summed E-state index contributed by atoms with van der Waals surface area (Å²) in [6.45, 7) is 8.49. The lowest BCUT2D eigenvalue weighted by atomic mass is 10.0. The van der Waals surface area contributed by atoms with Crippen molar-refractivity contribution in [2.75, 3.05) is 26.4 Å². The summed E-state index contributed by atoms with van der Waals surface area (Å²) >= 11 is 0. The summed E-state index contributed by atoms with van der Waals surface area (Å²) in [6.07, 6.45) is 0.908. The Bertz CT molecular complexity index is 551. The van der Waals surface area contributed by atoms with Crippen LogP contribution in [0.1, 0.15) is 32.8 Å². The van der Waals surface area contributed by atoms with E-state index in [1.807, 2.05) is 11.8 Å². The Balaban J connectivity index is 1.92. The summed E-state index contributed by atoms with van der Waals surface area (Å²) < 4.78 is 24.5. The normalized spacial score (nSPS) is 17.9. The molecular weight excluding hydrogens is 311 g/mol. The number of nitrogens with one attached hydrogen (secondary N) is 1. The number of carbonyl (C=O) groups excluding carboxylic acids is 1. The van der Waals surface area contributed by atoms with Crippen LogP contribution in [0.2, 0.25) is 0 Å². The van der Waals surface area contributed by atoms with E-state index in [1.165, 1.54) is 6.07 Å². The minimum Gasteiger partial charge on any atom is -0.491 e. The number of benzene rings is 1. The van der Waals surface area contributed by atoms with Crippen molar-refractivity contribution >= 4 is 6.03 Å². The standard InChI is InChI=1S/C18H27FN2O3/c1-4-24-17-6-5-14(10-16(17)19)11-20-18(22)21-7-8-23-12-15(21)9-13(2)3/h5-6,10,13,15H,4,7-9,11-12H2,1-3H3,(H,20,22)/t15-/m0/s1. The van der Waals surface area contributed by atoms with Crippen molar-refractivity contribution in [3.8, 4) is 5.75 Å². The van der Waals surface area contributed by atoms with E-state index < -0.39 is 5.82 Å². The second-order valence-corrected chi connectivity index (χ2v) is 6.41. The third-order valence-electron chi connectivity index (χ3n) is 3.97. The second-order valence-electron chi connectivity index (χ2n) is 6.41. The largest absolute Gasteiger partial charge is 0.491 e. The Morgan fingerprint density at radius 3 is 2.96 bits per heavy atom. The second kappa shape index (κ2) is 8.87. The van der Waals surface area contributed by atoms with Gasteiger partial charge in [0.2, 0.25) is 0 Å². The van der Waals surface area contributed by atoms with Crippen molar-refractivity contribution in [3.05, 3.63) is 29.6 Å². The van der Waals surface area contributed by atoms with E-state index in [0.29, 0.717) is 37.8 Å². The fraction of sp³-hybridized carbons (Fsp3) is 0.611. The molecule has 1 aromatic rings. The molecule has 1 aromatic carbocycles. The van der Waals surface area contributed by atoms with E-state index in [2.05, 4.69) is 19.2 Å². The van der Waals surface area contributed by atoms with E-state index in [-0.39, 0.29) is 24.4 Å². The third kappa shape index (κ3) is 5.09. The van der Waals surface area contributed by atoms with Gasteiger partial charge in [0.05, 0.1) is 25.9 Å². The molecule has 1 N–H and O–H groups in total. The molecule has 1 fully saturated rings. The van der Waals surface area contributed by atoms with E-state index in [9.17, 15) is 9.18 Å². The molecule has 2 rings (SSSR count). The fourth-order valence-electron chi connectivity index (χ4n) is 2.87. The zero-order valence-corrected chi connectivity index (χ0v) is 14.7. The molecule has 6 heteroatoms. The first-order valence-corrected chi connectivity index (χ1v) is 8.54. The SMILES string of the molecule is CCOc1ccc(CNC(=O)N2CCOC[C@@H]2CC(C)C)cc1F. The van der Waals surface area contributed by atoms with Crippen LogP contribution in [0.15, 0.2) is 18.2 Å². The van der Waals surface area contributed by atoms with Crippen molar-refractivity contribution in [3.63, 3.8) is 0 Å². The molecule has 24 heavy (non-hydrogen) atoms. The topological polar surface area (TPSA) is 50.8 Å². The molecule has 134 valence electrons. The van der Waals surface area contributed by atoms with Crippen LogP contribution in [0.3, 0.4) is 0 Å². The Morgan fingerprint density at radius 1 is 1.50 bits per heavy atom. The zero-order valence-electron chi connectivity index (χ0n) is 14.7. The molecule has 1 heterocycles. The monoisotopic (exact) mass is 338 g/mol. The molecule has 1 aliphatic heterocycles. The molecule has 0 aromatic heterocycles. The van der Waals surface area contributed by atoms with Crippen LogP contribution in [0, 0.1) is 11.7 Å². The van der Waals surface area contributed by atoms with Gasteiger partial charge >= 0.3 is 6.03 Å². The van der Waals surface area contributed by atoms with Gasteiger partial charge in [-0.05, 0) is 37.0 Å². The Morgan fingerprint density at radius 2 is 2.29 bits per heavy atom. The zero-order chi connectivity index (χ0) is 17.5. The van der Waals surface area contributed by atoms with E-state index >= 15 is 0 Å². The minimum absolute atomic E-state index is 0.0933. The Labute approximate surface area is 143 Å². The maximum absolute atomic E-state index is 13.9. The van der Waals surface area contributed by atoms with Gasteiger partial charge in [-0.2, -0.15) is 0 Å². The highest BCUT2D eigenvalue weighted by Gasteiger charge is 2.27. The minimum atomic E-state index is -0.410. The summed E-state index contributed by atoms with van der Waals surface area (Å²) in [6, 6.07) is 4.72. The molecule has 5 nitrogen and oxygen atoms in total. The van der Waals surface area contributed by atoms with Gasteiger partial charge in [-0.15, -0.1) is 0 Å². The predicted octanol–water partition coefficient (Wildman–Crippen LogP) is 3.18. The van der Waals surface area contributed by atoms with Gasteiger partial charge in [0.1, 0.15) is 0 Å². The van der Waals surface area contributed by atoms with Crippen LogP contribution in [-0.4, -0.2) is 43.3 Å². The highest BCUT2D eigenvalue weighted by molar-refractivity contribution is 5.74. The number of rotatable bonds is 6. The molecule has 0 unspecified atom stereocenters. The van der Waals surface area contributed by atoms with Gasteiger partial charge < -0.3 is 19.7 Å². The van der Waals surface area contributed by atoms with Gasteiger partial charge in [0.15, 0.2) is 11.6 Å². The van der Waals surface area contributed by atoms with Crippen LogP contribution < -0.4 is 10.1 Å². The van der Waals surface area contributed by atoms with Crippen molar-refractivity contribution in [1.29, 1.82) is 0 Å². The molecule has 0 spiro atoms. The lowest BCUT2D eigenvalue weighted by molar-refractivity contribution is 0.00551. The van der Waals surface area contributed by atoms with Crippen LogP contribution in [0.25, 0.3) is 0 Å². The number of ether oxygens (including phenoxy) is 2. The van der Waals surface area contributed by atoms with Crippen LogP contribution >= 0.6 is 0 Å². The molecule has 0 bridgehead atoms. The smallest absolute Gasteiger partial charge is 0.318 e. The van der Waals surface area contributed by atoms with Gasteiger partial charge in [0.25, 0.3) is 0 Å². The maximum Gasteiger partial charge on any atom is 0.318 e. The van der Waals surface area contributed by atoms with Crippen molar-refractivity contribution in [2.24, 2.45) is 5.92 Å². The lowest BCUT2D eigenvalue weighted by Crippen LogP contribution is -2.52. The number of amides is 2. The quantitative estimate of drug-likeness (QED) is 0.867. The summed E-state index contributed by atoms with van der Waals surface area (Å²) in [5, 5.41) is 2.87. The Kier molecular flexibility index (Phi) is 6.85. The van der Waals surface area contributed by atoms with Gasteiger partial charge in [-0.25, -0.2) is 9.18 Å². The average Bonchev–Trinajstić information content (AvgIpc) is 2.55. The van der Waals surface area contributed by atoms with Crippen molar-refractivity contribution in [2.45, 2.75) is 39.8 Å². The summed E-state index contributed by atoms with van der Waals surface area (Å²) in [5.74, 6) is 0.317. The van der Waals surface area contributed by atoms with E-state index in [1.54, 1.807) is 12.1 Å². The van der Waals surface area contributed by atoms with Crippen LogP contribution in [0.4, 0.5) is 9.18 Å². The van der Waals surface area contributed by atoms with E-state index in [0.717, 1.165) is 6.42 Å². The van der Waals surface area contributed by atoms with Crippen molar-refractivity contribution < 1.29 is 18.7 Å². The van der Waals surface area contributed by atoms with Crippen LogP contribution in [0.5, 0.6) is 5.75 Å². The molecule has 1 atom stereocenters. The van der Waals surface area contributed by atoms with E-state index in [4.69, 9.17) is 9.47 Å². The number of carbonyl (C=O) groups is 1. The number of morpholine rings is 1. The summed E-state index contributed by atoms with van der Waals surface area (Å²) in [7, 11) is 0. The molecule has 0 aliphatic carbocycles. The van der Waals surface area contributed by atoms with Gasteiger partial charge in [-0.1, -0.05) is 19.9 Å². The number of nitrogens with zero attached hydrogens (tertiary/aromatic N) is 1. The highest BCUT2D eigenvalue weighted by Crippen LogP contribution is 2.19. The average molecular weight is 338 g/mol.